The predicted molar refractivity (Wildman–Crippen MR) is 121 cm³/mol. The number of carbonyl (C=O) groups excluding carboxylic acids is 2. The monoisotopic (exact) mass is 439 g/mol. The van der Waals surface area contributed by atoms with Crippen molar-refractivity contribution in [3.05, 3.63) is 53.9 Å². The van der Waals surface area contributed by atoms with Crippen LogP contribution in [0.25, 0.3) is 11.0 Å². The number of nitrogens with one attached hydrogen (secondary N) is 1. The van der Waals surface area contributed by atoms with Gasteiger partial charge in [-0.15, -0.1) is 0 Å². The Morgan fingerprint density at radius 2 is 1.81 bits per heavy atom. The quantitative estimate of drug-likeness (QED) is 0.385. The molecular formula is C24H29N3O5. The van der Waals surface area contributed by atoms with Crippen molar-refractivity contribution in [1.82, 2.24) is 14.9 Å². The van der Waals surface area contributed by atoms with Crippen molar-refractivity contribution in [1.29, 1.82) is 0 Å². The lowest BCUT2D eigenvalue weighted by Crippen LogP contribution is -2.25. The zero-order chi connectivity index (χ0) is 23.1. The van der Waals surface area contributed by atoms with Crippen molar-refractivity contribution in [2.75, 3.05) is 20.8 Å². The molecule has 0 radical (unpaired) electrons. The molecule has 3 aromatic rings. The van der Waals surface area contributed by atoms with Crippen LogP contribution < -0.4 is 14.8 Å². The lowest BCUT2D eigenvalue weighted by molar-refractivity contribution is -0.148. The molecule has 0 fully saturated rings. The Hall–Kier alpha value is -3.55. The zero-order valence-electron chi connectivity index (χ0n) is 18.9. The minimum Gasteiger partial charge on any atom is -0.493 e. The van der Waals surface area contributed by atoms with E-state index < -0.39 is 0 Å². The van der Waals surface area contributed by atoms with Crippen molar-refractivity contribution in [3.8, 4) is 11.5 Å². The van der Waals surface area contributed by atoms with Crippen molar-refractivity contribution in [2.45, 2.75) is 39.3 Å². The molecule has 3 rings (SSSR count). The van der Waals surface area contributed by atoms with Gasteiger partial charge in [-0.2, -0.15) is 0 Å². The summed E-state index contributed by atoms with van der Waals surface area (Å²) in [5.74, 6) is 1.36. The number of fused-ring (bicyclic) bond motifs is 1. The van der Waals surface area contributed by atoms with Crippen LogP contribution in [0.5, 0.6) is 11.5 Å². The number of hydrogen-bond donors (Lipinski definition) is 1. The summed E-state index contributed by atoms with van der Waals surface area (Å²) >= 11 is 0. The number of amides is 1. The summed E-state index contributed by atoms with van der Waals surface area (Å²) in [6, 6.07) is 12.7. The van der Waals surface area contributed by atoms with E-state index in [4.69, 9.17) is 14.2 Å². The van der Waals surface area contributed by atoms with Crippen LogP contribution in [0.4, 0.5) is 0 Å². The minimum atomic E-state index is -0.300. The van der Waals surface area contributed by atoms with E-state index in [2.05, 4.69) is 10.3 Å². The van der Waals surface area contributed by atoms with E-state index in [1.54, 1.807) is 25.3 Å². The number of esters is 1. The lowest BCUT2D eigenvalue weighted by Gasteiger charge is -2.12. The van der Waals surface area contributed by atoms with Gasteiger partial charge in [-0.1, -0.05) is 12.1 Å². The number of para-hydroxylation sites is 2. The van der Waals surface area contributed by atoms with Gasteiger partial charge in [0, 0.05) is 18.5 Å². The second-order valence-electron chi connectivity index (χ2n) is 7.57. The van der Waals surface area contributed by atoms with Gasteiger partial charge in [-0.05, 0) is 50.6 Å². The molecule has 8 heteroatoms. The standard InChI is InChI=1S/C24H29N3O5/c1-16(2)32-23(28)15-27-19-9-6-5-8-18(19)26-22(27)10-7-13-25-24(29)17-11-12-20(30-3)21(14-17)31-4/h5-6,8-9,11-12,14,16H,7,10,13,15H2,1-4H3,(H,25,29). The number of imidazole rings is 1. The van der Waals surface area contributed by atoms with E-state index in [1.165, 1.54) is 7.11 Å². The molecule has 0 aliphatic carbocycles. The van der Waals surface area contributed by atoms with Gasteiger partial charge < -0.3 is 24.1 Å². The summed E-state index contributed by atoms with van der Waals surface area (Å²) < 4.78 is 17.6. The Morgan fingerprint density at radius 3 is 2.53 bits per heavy atom. The van der Waals surface area contributed by atoms with Crippen LogP contribution in [0.15, 0.2) is 42.5 Å². The van der Waals surface area contributed by atoms with Gasteiger partial charge in [0.05, 0.1) is 31.4 Å². The molecule has 32 heavy (non-hydrogen) atoms. The first-order chi connectivity index (χ1) is 15.4. The van der Waals surface area contributed by atoms with Gasteiger partial charge in [0.15, 0.2) is 11.5 Å². The predicted octanol–water partition coefficient (Wildman–Crippen LogP) is 3.37. The number of rotatable bonds is 10. The average Bonchev–Trinajstić information content (AvgIpc) is 3.12. The van der Waals surface area contributed by atoms with E-state index in [0.717, 1.165) is 16.9 Å². The normalized spacial score (nSPS) is 10.9. The van der Waals surface area contributed by atoms with Crippen molar-refractivity contribution in [3.63, 3.8) is 0 Å². The molecule has 1 N–H and O–H groups in total. The van der Waals surface area contributed by atoms with E-state index in [1.807, 2.05) is 42.7 Å². The lowest BCUT2D eigenvalue weighted by atomic mass is 10.2. The summed E-state index contributed by atoms with van der Waals surface area (Å²) in [6.07, 6.45) is 1.10. The highest BCUT2D eigenvalue weighted by Crippen LogP contribution is 2.27. The van der Waals surface area contributed by atoms with E-state index in [0.29, 0.717) is 36.4 Å². The molecule has 1 amide bonds. The number of hydrogen-bond acceptors (Lipinski definition) is 6. The molecule has 1 heterocycles. The van der Waals surface area contributed by atoms with Gasteiger partial charge in [0.2, 0.25) is 0 Å². The molecular weight excluding hydrogens is 410 g/mol. The third-order valence-electron chi connectivity index (χ3n) is 4.90. The van der Waals surface area contributed by atoms with Crippen LogP contribution in [-0.4, -0.2) is 48.3 Å². The van der Waals surface area contributed by atoms with E-state index in [-0.39, 0.29) is 24.5 Å². The Bertz CT molecular complexity index is 1090. The number of aryl methyl sites for hydroxylation is 1. The Kier molecular flexibility index (Phi) is 7.70. The Morgan fingerprint density at radius 1 is 1.06 bits per heavy atom. The first-order valence-corrected chi connectivity index (χ1v) is 10.6. The molecule has 8 nitrogen and oxygen atoms in total. The highest BCUT2D eigenvalue weighted by Gasteiger charge is 2.15. The molecule has 0 bridgehead atoms. The largest absolute Gasteiger partial charge is 0.493 e. The smallest absolute Gasteiger partial charge is 0.326 e. The van der Waals surface area contributed by atoms with Gasteiger partial charge >= 0.3 is 5.97 Å². The maximum Gasteiger partial charge on any atom is 0.326 e. The molecule has 0 unspecified atom stereocenters. The fourth-order valence-electron chi connectivity index (χ4n) is 3.45. The van der Waals surface area contributed by atoms with Crippen LogP contribution >= 0.6 is 0 Å². The average molecular weight is 440 g/mol. The maximum atomic E-state index is 12.5. The molecule has 0 atom stereocenters. The van der Waals surface area contributed by atoms with Crippen LogP contribution in [-0.2, 0) is 22.5 Å². The van der Waals surface area contributed by atoms with Gasteiger partial charge in [-0.3, -0.25) is 9.59 Å². The molecule has 0 spiro atoms. The molecule has 2 aromatic carbocycles. The Labute approximate surface area is 187 Å². The molecule has 0 saturated carbocycles. The van der Waals surface area contributed by atoms with Crippen molar-refractivity contribution < 1.29 is 23.8 Å². The number of methoxy groups -OCH3 is 2. The first kappa shape index (κ1) is 23.1. The summed E-state index contributed by atoms with van der Waals surface area (Å²) in [7, 11) is 3.08. The molecule has 170 valence electrons. The number of benzene rings is 2. The Balaban J connectivity index is 1.63. The minimum absolute atomic E-state index is 0.103. The second-order valence-corrected chi connectivity index (χ2v) is 7.57. The molecule has 1 aromatic heterocycles. The molecule has 0 aliphatic heterocycles. The van der Waals surface area contributed by atoms with Gasteiger partial charge in [-0.25, -0.2) is 4.98 Å². The number of ether oxygens (including phenoxy) is 3. The van der Waals surface area contributed by atoms with Crippen LogP contribution in [0, 0.1) is 0 Å². The van der Waals surface area contributed by atoms with Crippen LogP contribution in [0.3, 0.4) is 0 Å². The fraction of sp³-hybridized carbons (Fsp3) is 0.375. The highest BCUT2D eigenvalue weighted by molar-refractivity contribution is 5.94. The van der Waals surface area contributed by atoms with Gasteiger partial charge in [0.25, 0.3) is 5.91 Å². The zero-order valence-corrected chi connectivity index (χ0v) is 18.9. The molecule has 0 saturated heterocycles. The van der Waals surface area contributed by atoms with E-state index >= 15 is 0 Å². The fourth-order valence-corrected chi connectivity index (χ4v) is 3.45. The summed E-state index contributed by atoms with van der Waals surface area (Å²) in [4.78, 5) is 29.4. The second kappa shape index (κ2) is 10.7. The van der Waals surface area contributed by atoms with Gasteiger partial charge in [0.1, 0.15) is 12.4 Å². The third-order valence-corrected chi connectivity index (χ3v) is 4.90. The first-order valence-electron chi connectivity index (χ1n) is 10.6. The molecule has 0 aliphatic rings. The highest BCUT2D eigenvalue weighted by atomic mass is 16.5. The van der Waals surface area contributed by atoms with Crippen molar-refractivity contribution in [2.24, 2.45) is 0 Å². The third kappa shape index (κ3) is 5.57. The summed E-state index contributed by atoms with van der Waals surface area (Å²) in [5.41, 5.74) is 2.21. The van der Waals surface area contributed by atoms with Crippen LogP contribution in [0.2, 0.25) is 0 Å². The summed E-state index contributed by atoms with van der Waals surface area (Å²) in [6.45, 7) is 4.22. The summed E-state index contributed by atoms with van der Waals surface area (Å²) in [5, 5.41) is 2.91. The van der Waals surface area contributed by atoms with Crippen LogP contribution in [0.1, 0.15) is 36.5 Å². The maximum absolute atomic E-state index is 12.5. The van der Waals surface area contributed by atoms with E-state index in [9.17, 15) is 9.59 Å². The van der Waals surface area contributed by atoms with Crippen molar-refractivity contribution >= 4 is 22.9 Å². The number of aromatic nitrogens is 2. The number of nitrogens with zero attached hydrogens (tertiary/aromatic N) is 2. The topological polar surface area (TPSA) is 91.7 Å². The SMILES string of the molecule is COc1ccc(C(=O)NCCCc2nc3ccccc3n2CC(=O)OC(C)C)cc1OC. The number of carbonyl (C=O) groups is 2.